The molecule has 1 saturated carbocycles. The van der Waals surface area contributed by atoms with Crippen molar-refractivity contribution in [1.82, 2.24) is 15.3 Å². The summed E-state index contributed by atoms with van der Waals surface area (Å²) in [7, 11) is 1.65. The van der Waals surface area contributed by atoms with Gasteiger partial charge in [0.25, 0.3) is 0 Å². The molecule has 28 heavy (non-hydrogen) atoms. The minimum absolute atomic E-state index is 0.0367. The van der Waals surface area contributed by atoms with Crippen LogP contribution in [0, 0.1) is 17.7 Å². The van der Waals surface area contributed by atoms with Crippen LogP contribution in [0.5, 0.6) is 0 Å². The molecule has 1 aliphatic carbocycles. The highest BCUT2D eigenvalue weighted by molar-refractivity contribution is 5.16. The van der Waals surface area contributed by atoms with Crippen molar-refractivity contribution in [3.05, 3.63) is 59.4 Å². The number of benzene rings is 1. The van der Waals surface area contributed by atoms with Crippen LogP contribution in [0.1, 0.15) is 23.5 Å². The van der Waals surface area contributed by atoms with E-state index in [2.05, 4.69) is 15.3 Å². The third kappa shape index (κ3) is 5.32. The normalized spacial score (nSPS) is 24.6. The van der Waals surface area contributed by atoms with Gasteiger partial charge in [-0.25, -0.2) is 14.4 Å². The van der Waals surface area contributed by atoms with Gasteiger partial charge in [0.1, 0.15) is 11.6 Å². The maximum absolute atomic E-state index is 13.1. The van der Waals surface area contributed by atoms with Crippen LogP contribution >= 0.6 is 0 Å². The van der Waals surface area contributed by atoms with Crippen molar-refractivity contribution in [2.45, 2.75) is 38.0 Å². The first-order chi connectivity index (χ1) is 13.6. The maximum atomic E-state index is 13.1. The molecule has 7 heteroatoms. The Morgan fingerprint density at radius 1 is 1.21 bits per heavy atom. The molecule has 1 heterocycles. The highest BCUT2D eigenvalue weighted by Crippen LogP contribution is 2.34. The third-order valence-electron chi connectivity index (χ3n) is 5.49. The second-order valence-electron chi connectivity index (χ2n) is 7.34. The van der Waals surface area contributed by atoms with Crippen LogP contribution < -0.4 is 5.32 Å². The molecule has 0 unspecified atom stereocenters. The number of aliphatic hydroxyl groups is 2. The first-order valence-electron chi connectivity index (χ1n) is 9.67. The first-order valence-corrected chi connectivity index (χ1v) is 9.67. The van der Waals surface area contributed by atoms with Crippen molar-refractivity contribution in [3.63, 3.8) is 0 Å². The number of halogens is 1. The molecule has 0 bridgehead atoms. The van der Waals surface area contributed by atoms with Crippen LogP contribution in [0.25, 0.3) is 0 Å². The Balaban J connectivity index is 1.68. The lowest BCUT2D eigenvalue weighted by atomic mass is 9.88. The minimum Gasteiger partial charge on any atom is -0.396 e. The Kier molecular flexibility index (Phi) is 7.44. The molecule has 0 radical (unpaired) electrons. The SMILES string of the molecule is COCCc1nccc(C[C@@H]2[C@@H](CO)[C@H](O)C[C@H]2NCc2ccc(F)cc2)n1. The molecule has 2 aromatic rings. The van der Waals surface area contributed by atoms with Crippen LogP contribution in [-0.4, -0.2) is 52.7 Å². The van der Waals surface area contributed by atoms with Crippen molar-refractivity contribution in [1.29, 1.82) is 0 Å². The molecule has 3 rings (SSSR count). The van der Waals surface area contributed by atoms with Crippen LogP contribution in [0.15, 0.2) is 36.5 Å². The summed E-state index contributed by atoms with van der Waals surface area (Å²) in [4.78, 5) is 8.88. The summed E-state index contributed by atoms with van der Waals surface area (Å²) in [5.41, 5.74) is 1.87. The number of ether oxygens (including phenoxy) is 1. The van der Waals surface area contributed by atoms with Crippen LogP contribution in [0.2, 0.25) is 0 Å². The lowest BCUT2D eigenvalue weighted by Gasteiger charge is -2.25. The van der Waals surface area contributed by atoms with Gasteiger partial charge >= 0.3 is 0 Å². The Bertz CT molecular complexity index is 744. The zero-order valence-electron chi connectivity index (χ0n) is 16.1. The van der Waals surface area contributed by atoms with E-state index in [0.29, 0.717) is 32.4 Å². The summed E-state index contributed by atoms with van der Waals surface area (Å²) < 4.78 is 18.2. The fourth-order valence-corrected chi connectivity index (χ4v) is 3.94. The number of aliphatic hydroxyl groups excluding tert-OH is 2. The fraction of sp³-hybridized carbons (Fsp3) is 0.524. The molecule has 1 aliphatic rings. The molecule has 1 aromatic carbocycles. The third-order valence-corrected chi connectivity index (χ3v) is 5.49. The Morgan fingerprint density at radius 2 is 2.00 bits per heavy atom. The monoisotopic (exact) mass is 389 g/mol. The fourth-order valence-electron chi connectivity index (χ4n) is 3.94. The Morgan fingerprint density at radius 3 is 2.71 bits per heavy atom. The highest BCUT2D eigenvalue weighted by atomic mass is 19.1. The lowest BCUT2D eigenvalue weighted by Crippen LogP contribution is -2.36. The molecule has 152 valence electrons. The van der Waals surface area contributed by atoms with Gasteiger partial charge in [0, 0.05) is 50.5 Å². The van der Waals surface area contributed by atoms with Crippen LogP contribution in [-0.2, 0) is 24.1 Å². The largest absolute Gasteiger partial charge is 0.396 e. The molecular formula is C21H28FN3O3. The molecule has 6 nitrogen and oxygen atoms in total. The zero-order valence-corrected chi connectivity index (χ0v) is 16.1. The van der Waals surface area contributed by atoms with E-state index >= 15 is 0 Å². The molecule has 0 aliphatic heterocycles. The van der Waals surface area contributed by atoms with Gasteiger partial charge in [0.05, 0.1) is 12.7 Å². The lowest BCUT2D eigenvalue weighted by molar-refractivity contribution is 0.0716. The van der Waals surface area contributed by atoms with Gasteiger partial charge < -0.3 is 20.3 Å². The zero-order chi connectivity index (χ0) is 19.9. The molecule has 0 saturated heterocycles. The smallest absolute Gasteiger partial charge is 0.130 e. The van der Waals surface area contributed by atoms with Crippen LogP contribution in [0.3, 0.4) is 0 Å². The van der Waals surface area contributed by atoms with Gasteiger partial charge in [0.15, 0.2) is 0 Å². The van der Waals surface area contributed by atoms with Crippen LogP contribution in [0.4, 0.5) is 4.39 Å². The predicted molar refractivity (Wildman–Crippen MR) is 103 cm³/mol. The Hall–Kier alpha value is -1.93. The van der Waals surface area contributed by atoms with E-state index in [1.165, 1.54) is 12.1 Å². The maximum Gasteiger partial charge on any atom is 0.130 e. The summed E-state index contributed by atoms with van der Waals surface area (Å²) in [6.45, 7) is 1.07. The van der Waals surface area contributed by atoms with Gasteiger partial charge in [-0.3, -0.25) is 0 Å². The number of aromatic nitrogens is 2. The quantitative estimate of drug-likeness (QED) is 0.602. The first kappa shape index (κ1) is 20.8. The standard InChI is InChI=1S/C21H28FN3O3/c1-28-9-7-21-23-8-6-16(25-21)10-17-18(13-26)20(27)11-19(17)24-12-14-2-4-15(22)5-3-14/h2-6,8,17-20,24,26-27H,7,9-13H2,1H3/t17-,18-,19-,20-/m1/s1. The summed E-state index contributed by atoms with van der Waals surface area (Å²) >= 11 is 0. The second kappa shape index (κ2) is 10.0. The highest BCUT2D eigenvalue weighted by Gasteiger charge is 2.41. The van der Waals surface area contributed by atoms with E-state index in [1.807, 2.05) is 6.07 Å². The minimum atomic E-state index is -0.560. The van der Waals surface area contributed by atoms with E-state index in [9.17, 15) is 14.6 Å². The van der Waals surface area contributed by atoms with Crippen molar-refractivity contribution < 1.29 is 19.3 Å². The molecular weight excluding hydrogens is 361 g/mol. The average Bonchev–Trinajstić information content (AvgIpc) is 3.00. The van der Waals surface area contributed by atoms with Gasteiger partial charge in [-0.2, -0.15) is 0 Å². The van der Waals surface area contributed by atoms with Crippen molar-refractivity contribution in [3.8, 4) is 0 Å². The van der Waals surface area contributed by atoms with E-state index in [4.69, 9.17) is 4.74 Å². The molecule has 4 atom stereocenters. The molecule has 1 aromatic heterocycles. The molecule has 0 spiro atoms. The summed E-state index contributed by atoms with van der Waals surface area (Å²) in [5, 5.41) is 23.7. The number of nitrogens with one attached hydrogen (secondary N) is 1. The average molecular weight is 389 g/mol. The van der Waals surface area contributed by atoms with E-state index in [0.717, 1.165) is 17.1 Å². The molecule has 0 amide bonds. The van der Waals surface area contributed by atoms with E-state index in [-0.39, 0.29) is 30.3 Å². The van der Waals surface area contributed by atoms with Gasteiger partial charge in [-0.05, 0) is 42.5 Å². The number of hydrogen-bond donors (Lipinski definition) is 3. The summed E-state index contributed by atoms with van der Waals surface area (Å²) in [6.07, 6.45) is 3.04. The van der Waals surface area contributed by atoms with Crippen molar-refractivity contribution in [2.24, 2.45) is 11.8 Å². The number of hydrogen-bond acceptors (Lipinski definition) is 6. The second-order valence-corrected chi connectivity index (χ2v) is 7.34. The summed E-state index contributed by atoms with van der Waals surface area (Å²) in [5.74, 6) is 0.314. The van der Waals surface area contributed by atoms with E-state index in [1.54, 1.807) is 25.4 Å². The van der Waals surface area contributed by atoms with Crippen molar-refractivity contribution in [2.75, 3.05) is 20.3 Å². The predicted octanol–water partition coefficient (Wildman–Crippen LogP) is 1.49. The van der Waals surface area contributed by atoms with Gasteiger partial charge in [-0.1, -0.05) is 12.1 Å². The number of rotatable bonds is 9. The molecule has 1 fully saturated rings. The van der Waals surface area contributed by atoms with Crippen molar-refractivity contribution >= 4 is 0 Å². The summed E-state index contributed by atoms with van der Waals surface area (Å²) in [6, 6.07) is 8.30. The Labute approximate surface area is 164 Å². The topological polar surface area (TPSA) is 87.5 Å². The number of nitrogens with zero attached hydrogens (tertiary/aromatic N) is 2. The van der Waals surface area contributed by atoms with E-state index < -0.39 is 6.10 Å². The number of methoxy groups -OCH3 is 1. The van der Waals surface area contributed by atoms with Gasteiger partial charge in [0.2, 0.25) is 0 Å². The van der Waals surface area contributed by atoms with Gasteiger partial charge in [-0.15, -0.1) is 0 Å². The molecule has 3 N–H and O–H groups in total.